The number of halogens is 1. The second-order valence-corrected chi connectivity index (χ2v) is 6.41. The summed E-state index contributed by atoms with van der Waals surface area (Å²) in [5.41, 5.74) is 9.00. The Morgan fingerprint density at radius 1 is 1.37 bits per heavy atom. The molecule has 0 amide bonds. The van der Waals surface area contributed by atoms with Gasteiger partial charge in [-0.05, 0) is 48.4 Å². The van der Waals surface area contributed by atoms with Gasteiger partial charge in [0.1, 0.15) is 0 Å². The zero-order chi connectivity index (χ0) is 14.8. The van der Waals surface area contributed by atoms with E-state index in [9.17, 15) is 4.79 Å². The quantitative estimate of drug-likeness (QED) is 0.863. The summed E-state index contributed by atoms with van der Waals surface area (Å²) in [6.07, 6.45) is 0.744. The van der Waals surface area contributed by atoms with Gasteiger partial charge in [-0.2, -0.15) is 0 Å². The number of nitrogens with two attached hydrogens (primary N) is 1. The highest BCUT2D eigenvalue weighted by Gasteiger charge is 2.26. The highest BCUT2D eigenvalue weighted by atomic mass is 35.5. The summed E-state index contributed by atoms with van der Waals surface area (Å²) in [6.45, 7) is 7.78. The van der Waals surface area contributed by atoms with Crippen LogP contribution in [0.4, 0.5) is 0 Å². The minimum absolute atomic E-state index is 0.117. The van der Waals surface area contributed by atoms with Crippen LogP contribution in [-0.4, -0.2) is 11.1 Å². The smallest absolute Gasteiger partial charge is 0.303 e. The molecule has 0 radical (unpaired) electrons. The van der Waals surface area contributed by atoms with Gasteiger partial charge in [0.15, 0.2) is 0 Å². The van der Waals surface area contributed by atoms with Crippen LogP contribution in [0.25, 0.3) is 0 Å². The summed E-state index contributed by atoms with van der Waals surface area (Å²) in [7, 11) is 0. The van der Waals surface area contributed by atoms with Gasteiger partial charge in [-0.1, -0.05) is 31.5 Å². The number of benzene rings is 1. The monoisotopic (exact) mass is 283 g/mol. The van der Waals surface area contributed by atoms with Gasteiger partial charge in [-0.15, -0.1) is 0 Å². The molecule has 19 heavy (non-hydrogen) atoms. The summed E-state index contributed by atoms with van der Waals surface area (Å²) in [4.78, 5) is 10.8. The second kappa shape index (κ2) is 5.93. The van der Waals surface area contributed by atoms with E-state index >= 15 is 0 Å². The number of hydrogen-bond acceptors (Lipinski definition) is 2. The molecule has 0 fully saturated rings. The zero-order valence-electron chi connectivity index (χ0n) is 12.0. The number of carbonyl (C=O) groups is 1. The highest BCUT2D eigenvalue weighted by Crippen LogP contribution is 2.34. The van der Waals surface area contributed by atoms with E-state index in [1.54, 1.807) is 0 Å². The molecule has 4 heteroatoms. The average molecular weight is 284 g/mol. The fraction of sp³-hybridized carbons (Fsp3) is 0.533. The number of aryl methyl sites for hydroxylation is 2. The molecule has 1 aromatic rings. The summed E-state index contributed by atoms with van der Waals surface area (Å²) >= 11 is 6.07. The molecular formula is C15H22ClNO2. The van der Waals surface area contributed by atoms with Gasteiger partial charge in [-0.3, -0.25) is 4.79 Å². The number of aliphatic carboxylic acids is 1. The molecule has 1 aromatic carbocycles. The number of rotatable bonds is 5. The molecule has 0 bridgehead atoms. The maximum atomic E-state index is 10.8. The van der Waals surface area contributed by atoms with Crippen LogP contribution < -0.4 is 5.73 Å². The van der Waals surface area contributed by atoms with Crippen LogP contribution in [0.3, 0.4) is 0 Å². The Bertz CT molecular complexity index is 483. The topological polar surface area (TPSA) is 63.3 Å². The molecule has 0 heterocycles. The molecule has 3 nitrogen and oxygen atoms in total. The number of carboxylic acids is 1. The summed E-state index contributed by atoms with van der Waals surface area (Å²) < 4.78 is 0. The Kier molecular flexibility index (Phi) is 4.99. The molecule has 0 saturated carbocycles. The molecule has 0 spiro atoms. The Labute approximate surface area is 119 Å². The van der Waals surface area contributed by atoms with Crippen LogP contribution in [0.15, 0.2) is 12.1 Å². The summed E-state index contributed by atoms with van der Waals surface area (Å²) in [6, 6.07) is 3.74. The van der Waals surface area contributed by atoms with Crippen LogP contribution in [0.2, 0.25) is 5.02 Å². The van der Waals surface area contributed by atoms with Gasteiger partial charge in [0.05, 0.1) is 6.42 Å². The SMILES string of the molecule is Cc1cc(C(N)CC(C)(C)CC(=O)O)c(C)cc1Cl. The molecule has 0 aromatic heterocycles. The fourth-order valence-electron chi connectivity index (χ4n) is 2.39. The van der Waals surface area contributed by atoms with Crippen molar-refractivity contribution in [2.45, 2.75) is 46.6 Å². The van der Waals surface area contributed by atoms with Crippen molar-refractivity contribution >= 4 is 17.6 Å². The van der Waals surface area contributed by atoms with E-state index in [4.69, 9.17) is 22.4 Å². The minimum Gasteiger partial charge on any atom is -0.481 e. The van der Waals surface area contributed by atoms with Crippen LogP contribution in [0.5, 0.6) is 0 Å². The van der Waals surface area contributed by atoms with E-state index in [1.807, 2.05) is 39.8 Å². The lowest BCUT2D eigenvalue weighted by atomic mass is 9.80. The van der Waals surface area contributed by atoms with Crippen molar-refractivity contribution in [3.8, 4) is 0 Å². The molecule has 0 saturated heterocycles. The van der Waals surface area contributed by atoms with Gasteiger partial charge in [-0.25, -0.2) is 0 Å². The van der Waals surface area contributed by atoms with E-state index in [0.29, 0.717) is 6.42 Å². The van der Waals surface area contributed by atoms with E-state index in [1.165, 1.54) is 0 Å². The average Bonchev–Trinajstić information content (AvgIpc) is 2.20. The van der Waals surface area contributed by atoms with E-state index < -0.39 is 5.97 Å². The molecule has 1 rings (SSSR count). The minimum atomic E-state index is -0.791. The predicted molar refractivity (Wildman–Crippen MR) is 78.5 cm³/mol. The Balaban J connectivity index is 2.92. The van der Waals surface area contributed by atoms with Gasteiger partial charge >= 0.3 is 5.97 Å². The van der Waals surface area contributed by atoms with Crippen molar-refractivity contribution in [2.24, 2.45) is 11.1 Å². The first-order valence-corrected chi connectivity index (χ1v) is 6.74. The third-order valence-corrected chi connectivity index (χ3v) is 3.76. The molecule has 0 aliphatic carbocycles. The lowest BCUT2D eigenvalue weighted by molar-refractivity contribution is -0.139. The number of carboxylic acid groups (broad SMARTS) is 1. The Hall–Kier alpha value is -1.06. The van der Waals surface area contributed by atoms with Crippen molar-refractivity contribution in [1.29, 1.82) is 0 Å². The first kappa shape index (κ1) is 16.0. The second-order valence-electron chi connectivity index (χ2n) is 6.00. The zero-order valence-corrected chi connectivity index (χ0v) is 12.7. The van der Waals surface area contributed by atoms with Crippen LogP contribution in [0, 0.1) is 19.3 Å². The summed E-state index contributed by atoms with van der Waals surface area (Å²) in [5.74, 6) is -0.791. The summed E-state index contributed by atoms with van der Waals surface area (Å²) in [5, 5.41) is 9.64. The van der Waals surface area contributed by atoms with Gasteiger partial charge in [0, 0.05) is 11.1 Å². The van der Waals surface area contributed by atoms with E-state index in [0.717, 1.165) is 21.7 Å². The molecule has 0 aliphatic rings. The van der Waals surface area contributed by atoms with Gasteiger partial charge in [0.25, 0.3) is 0 Å². The van der Waals surface area contributed by atoms with Crippen molar-refractivity contribution in [3.05, 3.63) is 33.8 Å². The van der Waals surface area contributed by atoms with Gasteiger partial charge < -0.3 is 10.8 Å². The normalized spacial score (nSPS) is 13.4. The van der Waals surface area contributed by atoms with E-state index in [-0.39, 0.29) is 17.9 Å². The number of hydrogen-bond donors (Lipinski definition) is 2. The van der Waals surface area contributed by atoms with E-state index in [2.05, 4.69) is 0 Å². The van der Waals surface area contributed by atoms with Crippen molar-refractivity contribution < 1.29 is 9.90 Å². The van der Waals surface area contributed by atoms with Gasteiger partial charge in [0.2, 0.25) is 0 Å². The molecule has 1 atom stereocenters. The standard InChI is InChI=1S/C15H22ClNO2/c1-9-6-12(16)10(2)5-11(9)13(17)7-15(3,4)8-14(18)19/h5-6,13H,7-8,17H2,1-4H3,(H,18,19). The van der Waals surface area contributed by atoms with Crippen LogP contribution in [0.1, 0.15) is 49.4 Å². The third kappa shape index (κ3) is 4.51. The maximum Gasteiger partial charge on any atom is 0.303 e. The first-order valence-electron chi connectivity index (χ1n) is 6.36. The first-order chi connectivity index (χ1) is 8.62. The largest absolute Gasteiger partial charge is 0.481 e. The van der Waals surface area contributed by atoms with Crippen molar-refractivity contribution in [2.75, 3.05) is 0 Å². The fourth-order valence-corrected chi connectivity index (χ4v) is 2.61. The van der Waals surface area contributed by atoms with Crippen LogP contribution in [-0.2, 0) is 4.79 Å². The highest BCUT2D eigenvalue weighted by molar-refractivity contribution is 6.31. The lowest BCUT2D eigenvalue weighted by Crippen LogP contribution is -2.24. The maximum absolute atomic E-state index is 10.8. The predicted octanol–water partition coefficient (Wildman–Crippen LogP) is 3.85. The molecule has 106 valence electrons. The molecule has 1 unspecified atom stereocenters. The van der Waals surface area contributed by atoms with Crippen molar-refractivity contribution in [1.82, 2.24) is 0 Å². The molecular weight excluding hydrogens is 262 g/mol. The molecule has 3 N–H and O–H groups in total. The Morgan fingerprint density at radius 2 is 1.95 bits per heavy atom. The lowest BCUT2D eigenvalue weighted by Gasteiger charge is -2.27. The Morgan fingerprint density at radius 3 is 2.47 bits per heavy atom. The third-order valence-electron chi connectivity index (χ3n) is 3.35. The molecule has 0 aliphatic heterocycles. The van der Waals surface area contributed by atoms with Crippen LogP contribution >= 0.6 is 11.6 Å². The van der Waals surface area contributed by atoms with Crippen molar-refractivity contribution in [3.63, 3.8) is 0 Å².